The fraction of sp³-hybridized carbons (Fsp3) is 1.00. The van der Waals surface area contributed by atoms with Crippen LogP contribution in [0.3, 0.4) is 0 Å². The smallest absolute Gasteiger partial charge is 0.0565 e. The summed E-state index contributed by atoms with van der Waals surface area (Å²) in [5.74, 6) is 1.07. The maximum absolute atomic E-state index is 3.48. The number of nitrogens with zero attached hydrogens (tertiary/aromatic N) is 1. The lowest BCUT2D eigenvalue weighted by Gasteiger charge is -2.26. The molecule has 3 heteroatoms. The summed E-state index contributed by atoms with van der Waals surface area (Å²) in [5.41, 5.74) is 0. The van der Waals surface area contributed by atoms with Crippen LogP contribution in [0.4, 0.5) is 0 Å². The van der Waals surface area contributed by atoms with Crippen LogP contribution in [-0.4, -0.2) is 34.6 Å². The van der Waals surface area contributed by atoms with Crippen molar-refractivity contribution in [1.29, 1.82) is 0 Å². The molecule has 0 aromatic carbocycles. The number of fused-ring (bicyclic) bond motifs is 1. The summed E-state index contributed by atoms with van der Waals surface area (Å²) in [5, 5.41) is 3.48. The predicted molar refractivity (Wildman–Crippen MR) is 64.2 cm³/mol. The topological polar surface area (TPSA) is 15.3 Å². The molecule has 0 bridgehead atoms. The van der Waals surface area contributed by atoms with Crippen LogP contribution in [0.2, 0.25) is 0 Å². The molecule has 76 valence electrons. The summed E-state index contributed by atoms with van der Waals surface area (Å²) in [4.78, 5) is 2.68. The Morgan fingerprint density at radius 3 is 3.23 bits per heavy atom. The number of piperidine rings is 1. The van der Waals surface area contributed by atoms with Crippen LogP contribution < -0.4 is 5.32 Å². The summed E-state index contributed by atoms with van der Waals surface area (Å²) >= 11 is 2.42. The number of rotatable bonds is 4. The molecule has 2 aliphatic rings. The number of hydrogen-bond donors (Lipinski definition) is 1. The van der Waals surface area contributed by atoms with Gasteiger partial charge in [-0.15, -0.1) is 0 Å². The molecule has 1 saturated carbocycles. The Bertz CT molecular complexity index is 172. The first-order valence-corrected chi connectivity index (χ1v) is 6.63. The molecule has 0 spiro atoms. The van der Waals surface area contributed by atoms with E-state index < -0.39 is 0 Å². The highest BCUT2D eigenvalue weighted by Gasteiger charge is 2.43. The molecule has 1 aliphatic heterocycles. The third-order valence-corrected chi connectivity index (χ3v) is 3.64. The zero-order valence-corrected chi connectivity index (χ0v) is 10.5. The lowest BCUT2D eigenvalue weighted by Crippen LogP contribution is -2.38. The number of alkyl halides is 1. The van der Waals surface area contributed by atoms with Gasteiger partial charge in [0.2, 0.25) is 0 Å². The van der Waals surface area contributed by atoms with E-state index in [1.807, 2.05) is 0 Å². The van der Waals surface area contributed by atoms with Crippen molar-refractivity contribution in [3.63, 3.8) is 0 Å². The van der Waals surface area contributed by atoms with E-state index in [0.717, 1.165) is 18.5 Å². The molecule has 13 heavy (non-hydrogen) atoms. The fourth-order valence-corrected chi connectivity index (χ4v) is 2.71. The Morgan fingerprint density at radius 1 is 1.62 bits per heavy atom. The van der Waals surface area contributed by atoms with Crippen LogP contribution in [0.25, 0.3) is 0 Å². The van der Waals surface area contributed by atoms with Gasteiger partial charge < -0.3 is 5.32 Å². The van der Waals surface area contributed by atoms with E-state index in [1.54, 1.807) is 0 Å². The van der Waals surface area contributed by atoms with Gasteiger partial charge in [-0.05, 0) is 38.6 Å². The minimum atomic E-state index is 0.609. The highest BCUT2D eigenvalue weighted by atomic mass is 127. The summed E-state index contributed by atoms with van der Waals surface area (Å²) in [7, 11) is 0. The molecule has 3 atom stereocenters. The standard InChI is InChI=1S/C10H19IN2/c1-8(11)12-4-6-13-5-2-3-9-7-10(9)13/h8-10,12H,2-7H2,1H3/t8-,9?,10?/m1/s1. The van der Waals surface area contributed by atoms with Crippen molar-refractivity contribution >= 4 is 22.6 Å². The van der Waals surface area contributed by atoms with E-state index >= 15 is 0 Å². The minimum Gasteiger partial charge on any atom is -0.304 e. The van der Waals surface area contributed by atoms with E-state index in [1.165, 1.54) is 32.4 Å². The third kappa shape index (κ3) is 2.80. The molecule has 1 heterocycles. The SMILES string of the molecule is C[C@H](I)NCCN1CCCC2CC21. The van der Waals surface area contributed by atoms with Crippen molar-refractivity contribution < 1.29 is 0 Å². The maximum atomic E-state index is 3.48. The summed E-state index contributed by atoms with van der Waals surface area (Å²) in [6.07, 6.45) is 4.41. The molecule has 2 nitrogen and oxygen atoms in total. The highest BCUT2D eigenvalue weighted by molar-refractivity contribution is 14.1. The zero-order chi connectivity index (χ0) is 9.26. The molecule has 2 fully saturated rings. The van der Waals surface area contributed by atoms with Gasteiger partial charge in [0.15, 0.2) is 0 Å². The Morgan fingerprint density at radius 2 is 2.46 bits per heavy atom. The predicted octanol–water partition coefficient (Wildman–Crippen LogP) is 1.84. The van der Waals surface area contributed by atoms with Crippen molar-refractivity contribution in [3.05, 3.63) is 0 Å². The van der Waals surface area contributed by atoms with E-state index in [0.29, 0.717) is 4.05 Å². The number of halogens is 1. The van der Waals surface area contributed by atoms with Crippen LogP contribution in [0, 0.1) is 5.92 Å². The van der Waals surface area contributed by atoms with E-state index in [4.69, 9.17) is 0 Å². The summed E-state index contributed by atoms with van der Waals surface area (Å²) < 4.78 is 0.609. The first kappa shape index (κ1) is 10.2. The number of hydrogen-bond acceptors (Lipinski definition) is 2. The Kier molecular flexibility index (Phi) is 3.48. The monoisotopic (exact) mass is 294 g/mol. The van der Waals surface area contributed by atoms with Gasteiger partial charge in [0.05, 0.1) is 4.05 Å². The molecule has 2 rings (SSSR count). The van der Waals surface area contributed by atoms with Gasteiger partial charge in [0.25, 0.3) is 0 Å². The van der Waals surface area contributed by atoms with Gasteiger partial charge in [-0.2, -0.15) is 0 Å². The number of likely N-dealkylation sites (tertiary alicyclic amines) is 1. The van der Waals surface area contributed by atoms with E-state index in [-0.39, 0.29) is 0 Å². The largest absolute Gasteiger partial charge is 0.304 e. The normalized spacial score (nSPS) is 35.5. The van der Waals surface area contributed by atoms with Gasteiger partial charge >= 0.3 is 0 Å². The summed E-state index contributed by atoms with van der Waals surface area (Å²) in [6, 6.07) is 0.972. The molecule has 0 radical (unpaired) electrons. The highest BCUT2D eigenvalue weighted by Crippen LogP contribution is 2.42. The van der Waals surface area contributed by atoms with Crippen molar-refractivity contribution in [2.45, 2.75) is 36.3 Å². The average Bonchev–Trinajstić information content (AvgIpc) is 2.82. The van der Waals surface area contributed by atoms with Gasteiger partial charge in [0.1, 0.15) is 0 Å². The van der Waals surface area contributed by atoms with Gasteiger partial charge in [-0.1, -0.05) is 22.6 Å². The molecule has 0 aromatic heterocycles. The molecule has 0 amide bonds. The van der Waals surface area contributed by atoms with Crippen LogP contribution in [-0.2, 0) is 0 Å². The number of nitrogens with one attached hydrogen (secondary N) is 1. The Balaban J connectivity index is 1.64. The Hall–Kier alpha value is 0.650. The lowest BCUT2D eigenvalue weighted by molar-refractivity contribution is 0.216. The fourth-order valence-electron chi connectivity index (χ4n) is 2.40. The third-order valence-electron chi connectivity index (χ3n) is 3.20. The maximum Gasteiger partial charge on any atom is 0.0565 e. The first-order valence-electron chi connectivity index (χ1n) is 5.39. The minimum absolute atomic E-state index is 0.609. The zero-order valence-electron chi connectivity index (χ0n) is 8.30. The van der Waals surface area contributed by atoms with E-state index in [2.05, 4.69) is 39.7 Å². The molecule has 1 N–H and O–H groups in total. The van der Waals surface area contributed by atoms with Crippen LogP contribution >= 0.6 is 22.6 Å². The summed E-state index contributed by atoms with van der Waals surface area (Å²) in [6.45, 7) is 5.97. The molecule has 0 aromatic rings. The Labute approximate surface area is 94.6 Å². The molecule has 1 aliphatic carbocycles. The van der Waals surface area contributed by atoms with E-state index in [9.17, 15) is 0 Å². The van der Waals surface area contributed by atoms with Gasteiger partial charge in [-0.25, -0.2) is 0 Å². The van der Waals surface area contributed by atoms with Crippen LogP contribution in [0.1, 0.15) is 26.2 Å². The average molecular weight is 294 g/mol. The van der Waals surface area contributed by atoms with Crippen molar-refractivity contribution in [3.8, 4) is 0 Å². The second kappa shape index (κ2) is 4.45. The van der Waals surface area contributed by atoms with Crippen LogP contribution in [0.15, 0.2) is 0 Å². The second-order valence-electron chi connectivity index (χ2n) is 4.31. The van der Waals surface area contributed by atoms with Gasteiger partial charge in [0, 0.05) is 19.1 Å². The van der Waals surface area contributed by atoms with Gasteiger partial charge in [-0.3, -0.25) is 4.90 Å². The molecular formula is C10H19IN2. The molecule has 2 unspecified atom stereocenters. The molecular weight excluding hydrogens is 275 g/mol. The second-order valence-corrected chi connectivity index (χ2v) is 6.18. The lowest BCUT2D eigenvalue weighted by atomic mass is 10.1. The van der Waals surface area contributed by atoms with Crippen molar-refractivity contribution in [2.24, 2.45) is 5.92 Å². The van der Waals surface area contributed by atoms with Crippen molar-refractivity contribution in [2.75, 3.05) is 19.6 Å². The van der Waals surface area contributed by atoms with Crippen LogP contribution in [0.5, 0.6) is 0 Å². The first-order chi connectivity index (χ1) is 6.27. The van der Waals surface area contributed by atoms with Crippen molar-refractivity contribution in [1.82, 2.24) is 10.2 Å². The quantitative estimate of drug-likeness (QED) is 0.483. The molecule has 1 saturated heterocycles.